The Bertz CT molecular complexity index is 326. The molecule has 0 heterocycles. The van der Waals surface area contributed by atoms with E-state index >= 15 is 0 Å². The first-order valence-corrected chi connectivity index (χ1v) is 4.70. The molecule has 0 unspecified atom stereocenters. The van der Waals surface area contributed by atoms with E-state index in [0.29, 0.717) is 24.7 Å². The van der Waals surface area contributed by atoms with Crippen LogP contribution in [0.5, 0.6) is 11.5 Å². The number of hydrogen-bond donors (Lipinski definition) is 1. The van der Waals surface area contributed by atoms with Gasteiger partial charge >= 0.3 is 0 Å². The van der Waals surface area contributed by atoms with Crippen molar-refractivity contribution < 1.29 is 14.2 Å². The molecular formula is C11H17NO3. The molecule has 0 atom stereocenters. The van der Waals surface area contributed by atoms with Crippen molar-refractivity contribution >= 4 is 0 Å². The minimum atomic E-state index is 0.423. The quantitative estimate of drug-likeness (QED) is 0.797. The van der Waals surface area contributed by atoms with Crippen LogP contribution in [0.4, 0.5) is 0 Å². The van der Waals surface area contributed by atoms with Crippen molar-refractivity contribution in [1.82, 2.24) is 0 Å². The Morgan fingerprint density at radius 3 is 2.00 bits per heavy atom. The molecule has 1 aromatic carbocycles. The number of benzene rings is 1. The third-order valence-corrected chi connectivity index (χ3v) is 2.20. The average Bonchev–Trinajstić information content (AvgIpc) is 2.28. The third-order valence-electron chi connectivity index (χ3n) is 2.20. The molecule has 0 saturated carbocycles. The fraction of sp³-hybridized carbons (Fsp3) is 0.455. The van der Waals surface area contributed by atoms with Crippen molar-refractivity contribution in [3.05, 3.63) is 23.3 Å². The summed E-state index contributed by atoms with van der Waals surface area (Å²) in [5.74, 6) is 1.39. The molecule has 4 nitrogen and oxygen atoms in total. The fourth-order valence-corrected chi connectivity index (χ4v) is 1.52. The lowest BCUT2D eigenvalue weighted by atomic mass is 10.1. The number of methoxy groups -OCH3 is 3. The molecule has 0 spiro atoms. The second-order valence-corrected chi connectivity index (χ2v) is 3.09. The molecule has 0 bridgehead atoms. The Labute approximate surface area is 89.9 Å². The molecular weight excluding hydrogens is 194 g/mol. The SMILES string of the molecule is COCc1ccc(CN)c(OC)c1OC. The minimum absolute atomic E-state index is 0.423. The summed E-state index contributed by atoms with van der Waals surface area (Å²) in [4.78, 5) is 0. The third kappa shape index (κ3) is 2.40. The zero-order valence-corrected chi connectivity index (χ0v) is 9.37. The summed E-state index contributed by atoms with van der Waals surface area (Å²) in [5.41, 5.74) is 7.49. The van der Waals surface area contributed by atoms with Gasteiger partial charge in [-0.15, -0.1) is 0 Å². The highest BCUT2D eigenvalue weighted by molar-refractivity contribution is 5.51. The molecule has 0 saturated heterocycles. The maximum absolute atomic E-state index is 5.61. The van der Waals surface area contributed by atoms with Gasteiger partial charge in [-0.3, -0.25) is 0 Å². The number of rotatable bonds is 5. The Hall–Kier alpha value is -1.26. The monoisotopic (exact) mass is 211 g/mol. The summed E-state index contributed by atoms with van der Waals surface area (Å²) >= 11 is 0. The van der Waals surface area contributed by atoms with Gasteiger partial charge in [0, 0.05) is 24.8 Å². The van der Waals surface area contributed by atoms with Gasteiger partial charge in [0.25, 0.3) is 0 Å². The normalized spacial score (nSPS) is 10.1. The van der Waals surface area contributed by atoms with Crippen LogP contribution in [0.1, 0.15) is 11.1 Å². The highest BCUT2D eigenvalue weighted by atomic mass is 16.5. The van der Waals surface area contributed by atoms with Crippen LogP contribution in [-0.2, 0) is 17.9 Å². The van der Waals surface area contributed by atoms with Gasteiger partial charge in [-0.2, -0.15) is 0 Å². The van der Waals surface area contributed by atoms with Crippen LogP contribution in [0.2, 0.25) is 0 Å². The van der Waals surface area contributed by atoms with Crippen molar-refractivity contribution in [2.24, 2.45) is 5.73 Å². The van der Waals surface area contributed by atoms with Crippen LogP contribution >= 0.6 is 0 Å². The Kier molecular flexibility index (Phi) is 4.39. The summed E-state index contributed by atoms with van der Waals surface area (Å²) in [6.07, 6.45) is 0. The van der Waals surface area contributed by atoms with Gasteiger partial charge in [-0.05, 0) is 0 Å². The van der Waals surface area contributed by atoms with Gasteiger partial charge in [0.2, 0.25) is 0 Å². The zero-order chi connectivity index (χ0) is 11.3. The summed E-state index contributed by atoms with van der Waals surface area (Å²) in [5, 5.41) is 0. The van der Waals surface area contributed by atoms with E-state index < -0.39 is 0 Å². The van der Waals surface area contributed by atoms with Gasteiger partial charge in [0.05, 0.1) is 20.8 Å². The molecule has 4 heteroatoms. The number of hydrogen-bond acceptors (Lipinski definition) is 4. The number of ether oxygens (including phenoxy) is 3. The van der Waals surface area contributed by atoms with E-state index in [1.54, 1.807) is 21.3 Å². The summed E-state index contributed by atoms with van der Waals surface area (Å²) in [6, 6.07) is 3.86. The lowest BCUT2D eigenvalue weighted by Gasteiger charge is -2.15. The lowest BCUT2D eigenvalue weighted by molar-refractivity contribution is 0.180. The second kappa shape index (κ2) is 5.58. The van der Waals surface area contributed by atoms with Crippen LogP contribution in [0.25, 0.3) is 0 Å². The molecule has 0 aliphatic rings. The Balaban J connectivity index is 3.21. The van der Waals surface area contributed by atoms with Crippen LogP contribution in [0.15, 0.2) is 12.1 Å². The van der Waals surface area contributed by atoms with Crippen molar-refractivity contribution in [1.29, 1.82) is 0 Å². The molecule has 84 valence electrons. The predicted molar refractivity (Wildman–Crippen MR) is 58.2 cm³/mol. The standard InChI is InChI=1S/C11H17NO3/c1-13-7-9-5-4-8(6-12)10(14-2)11(9)15-3/h4-5H,6-7,12H2,1-3H3. The smallest absolute Gasteiger partial charge is 0.166 e. The molecule has 15 heavy (non-hydrogen) atoms. The van der Waals surface area contributed by atoms with E-state index in [-0.39, 0.29) is 0 Å². The predicted octanol–water partition coefficient (Wildman–Crippen LogP) is 1.31. The first-order chi connectivity index (χ1) is 7.28. The molecule has 0 aliphatic carbocycles. The fourth-order valence-electron chi connectivity index (χ4n) is 1.52. The van der Waals surface area contributed by atoms with Crippen molar-refractivity contribution in [3.8, 4) is 11.5 Å². The second-order valence-electron chi connectivity index (χ2n) is 3.09. The summed E-state index contributed by atoms with van der Waals surface area (Å²) < 4.78 is 15.7. The van der Waals surface area contributed by atoms with E-state index in [2.05, 4.69) is 0 Å². The maximum Gasteiger partial charge on any atom is 0.166 e. The van der Waals surface area contributed by atoms with Gasteiger partial charge in [-0.1, -0.05) is 12.1 Å². The van der Waals surface area contributed by atoms with E-state index in [1.807, 2.05) is 12.1 Å². The van der Waals surface area contributed by atoms with Crippen molar-refractivity contribution in [2.75, 3.05) is 21.3 Å². The average molecular weight is 211 g/mol. The topological polar surface area (TPSA) is 53.7 Å². The highest BCUT2D eigenvalue weighted by Gasteiger charge is 2.13. The number of nitrogens with two attached hydrogens (primary N) is 1. The van der Waals surface area contributed by atoms with E-state index in [4.69, 9.17) is 19.9 Å². The van der Waals surface area contributed by atoms with Crippen molar-refractivity contribution in [2.45, 2.75) is 13.2 Å². The molecule has 1 rings (SSSR count). The minimum Gasteiger partial charge on any atom is -0.493 e. The van der Waals surface area contributed by atoms with E-state index in [9.17, 15) is 0 Å². The van der Waals surface area contributed by atoms with E-state index in [0.717, 1.165) is 11.1 Å². The largest absolute Gasteiger partial charge is 0.493 e. The molecule has 0 aliphatic heterocycles. The molecule has 1 aromatic rings. The molecule has 0 aromatic heterocycles. The van der Waals surface area contributed by atoms with Gasteiger partial charge in [0.1, 0.15) is 0 Å². The lowest BCUT2D eigenvalue weighted by Crippen LogP contribution is -2.04. The van der Waals surface area contributed by atoms with Crippen LogP contribution in [-0.4, -0.2) is 21.3 Å². The van der Waals surface area contributed by atoms with Crippen LogP contribution in [0, 0.1) is 0 Å². The molecule has 2 N–H and O–H groups in total. The Morgan fingerprint density at radius 2 is 1.53 bits per heavy atom. The summed E-state index contributed by atoms with van der Waals surface area (Å²) in [7, 11) is 4.85. The zero-order valence-electron chi connectivity index (χ0n) is 9.37. The van der Waals surface area contributed by atoms with Gasteiger partial charge in [-0.25, -0.2) is 0 Å². The highest BCUT2D eigenvalue weighted by Crippen LogP contribution is 2.34. The van der Waals surface area contributed by atoms with Gasteiger partial charge in [0.15, 0.2) is 11.5 Å². The van der Waals surface area contributed by atoms with Crippen LogP contribution < -0.4 is 15.2 Å². The van der Waals surface area contributed by atoms with E-state index in [1.165, 1.54) is 0 Å². The van der Waals surface area contributed by atoms with Crippen molar-refractivity contribution in [3.63, 3.8) is 0 Å². The first-order valence-electron chi connectivity index (χ1n) is 4.70. The molecule has 0 fully saturated rings. The molecule has 0 amide bonds. The summed E-state index contributed by atoms with van der Waals surface area (Å²) in [6.45, 7) is 0.914. The van der Waals surface area contributed by atoms with Crippen LogP contribution in [0.3, 0.4) is 0 Å². The Morgan fingerprint density at radius 1 is 1.00 bits per heavy atom. The van der Waals surface area contributed by atoms with Gasteiger partial charge < -0.3 is 19.9 Å². The maximum atomic E-state index is 5.61. The first kappa shape index (κ1) is 11.8. The molecule has 0 radical (unpaired) electrons.